The van der Waals surface area contributed by atoms with Crippen LogP contribution in [0.1, 0.15) is 16.2 Å². The molecule has 2 aromatic rings. The summed E-state index contributed by atoms with van der Waals surface area (Å²) in [5.74, 6) is -0.544. The number of rotatable bonds is 4. The molecule has 3 N–H and O–H groups in total. The van der Waals surface area contributed by atoms with Crippen LogP contribution in [-0.4, -0.2) is 31.8 Å². The predicted molar refractivity (Wildman–Crippen MR) is 66.1 cm³/mol. The molecule has 0 spiro atoms. The molecule has 0 bridgehead atoms. The lowest BCUT2D eigenvalue weighted by atomic mass is 10.3. The summed E-state index contributed by atoms with van der Waals surface area (Å²) in [4.78, 5) is 26.7. The smallest absolute Gasteiger partial charge is 0.271 e. The molecule has 0 atom stereocenters. The number of pyridine rings is 1. The molecule has 0 fully saturated rings. The van der Waals surface area contributed by atoms with Crippen molar-refractivity contribution < 1.29 is 9.59 Å². The van der Waals surface area contributed by atoms with Crippen molar-refractivity contribution in [1.29, 1.82) is 0 Å². The van der Waals surface area contributed by atoms with Gasteiger partial charge in [-0.1, -0.05) is 11.3 Å². The highest BCUT2D eigenvalue weighted by Gasteiger charge is 2.15. The van der Waals surface area contributed by atoms with Crippen molar-refractivity contribution in [2.75, 3.05) is 5.32 Å². The number of anilines is 1. The first kappa shape index (κ1) is 12.7. The second kappa shape index (κ2) is 5.25. The Balaban J connectivity index is 2.05. The van der Waals surface area contributed by atoms with Crippen molar-refractivity contribution in [3.05, 3.63) is 35.8 Å². The topological polar surface area (TPSA) is 116 Å². The fourth-order valence-electron chi connectivity index (χ4n) is 1.49. The summed E-state index contributed by atoms with van der Waals surface area (Å²) in [5.41, 5.74) is 5.63. The molecule has 0 saturated heterocycles. The van der Waals surface area contributed by atoms with Gasteiger partial charge in [-0.05, 0) is 19.1 Å². The van der Waals surface area contributed by atoms with Crippen LogP contribution in [0.3, 0.4) is 0 Å². The summed E-state index contributed by atoms with van der Waals surface area (Å²) in [5, 5.41) is 9.92. The zero-order chi connectivity index (χ0) is 13.8. The van der Waals surface area contributed by atoms with Gasteiger partial charge in [-0.3, -0.25) is 9.59 Å². The van der Waals surface area contributed by atoms with Gasteiger partial charge >= 0.3 is 0 Å². The molecule has 0 aliphatic carbocycles. The summed E-state index contributed by atoms with van der Waals surface area (Å²) in [6.45, 7) is 1.55. The minimum atomic E-state index is -0.672. The summed E-state index contributed by atoms with van der Waals surface area (Å²) in [6, 6.07) is 5.17. The maximum atomic E-state index is 11.8. The number of primary amides is 1. The molecule has 0 aromatic carbocycles. The molecule has 0 aliphatic heterocycles. The highest BCUT2D eigenvalue weighted by molar-refractivity contribution is 5.92. The van der Waals surface area contributed by atoms with Crippen molar-refractivity contribution in [2.24, 2.45) is 5.73 Å². The molecule has 98 valence electrons. The van der Waals surface area contributed by atoms with E-state index in [2.05, 4.69) is 20.6 Å². The minimum absolute atomic E-state index is 0.0608. The Hall–Kier alpha value is -2.77. The van der Waals surface area contributed by atoms with Gasteiger partial charge in [0.1, 0.15) is 12.4 Å². The van der Waals surface area contributed by atoms with Crippen molar-refractivity contribution in [3.8, 4) is 0 Å². The van der Waals surface area contributed by atoms with Gasteiger partial charge < -0.3 is 11.1 Å². The van der Waals surface area contributed by atoms with E-state index < -0.39 is 5.91 Å². The lowest BCUT2D eigenvalue weighted by Gasteiger charge is -2.05. The normalized spacial score (nSPS) is 10.2. The molecule has 8 heteroatoms. The van der Waals surface area contributed by atoms with Crippen LogP contribution < -0.4 is 11.1 Å². The van der Waals surface area contributed by atoms with Crippen molar-refractivity contribution in [1.82, 2.24) is 20.0 Å². The Bertz CT molecular complexity index is 607. The monoisotopic (exact) mass is 260 g/mol. The largest absolute Gasteiger partial charge is 0.364 e. The highest BCUT2D eigenvalue weighted by atomic mass is 16.2. The molecule has 2 rings (SSSR count). The van der Waals surface area contributed by atoms with E-state index in [1.54, 1.807) is 31.3 Å². The van der Waals surface area contributed by atoms with Gasteiger partial charge in [-0.2, -0.15) is 0 Å². The number of hydrogen-bond acceptors (Lipinski definition) is 5. The maximum absolute atomic E-state index is 11.8. The van der Waals surface area contributed by atoms with E-state index in [1.807, 2.05) is 0 Å². The first-order chi connectivity index (χ1) is 9.08. The van der Waals surface area contributed by atoms with Gasteiger partial charge in [0.2, 0.25) is 5.91 Å². The lowest BCUT2D eigenvalue weighted by Crippen LogP contribution is -2.21. The van der Waals surface area contributed by atoms with Gasteiger partial charge in [0.15, 0.2) is 5.69 Å². The third-order valence-corrected chi connectivity index (χ3v) is 2.44. The van der Waals surface area contributed by atoms with Crippen LogP contribution in [0.15, 0.2) is 24.4 Å². The van der Waals surface area contributed by atoms with E-state index in [9.17, 15) is 9.59 Å². The van der Waals surface area contributed by atoms with Crippen LogP contribution in [0.2, 0.25) is 0 Å². The molecular weight excluding hydrogens is 248 g/mol. The number of aromatic nitrogens is 4. The third kappa shape index (κ3) is 2.92. The molecule has 8 nitrogen and oxygen atoms in total. The number of nitrogens with zero attached hydrogens (tertiary/aromatic N) is 4. The zero-order valence-electron chi connectivity index (χ0n) is 10.2. The Labute approximate surface area is 108 Å². The van der Waals surface area contributed by atoms with E-state index in [-0.39, 0.29) is 18.1 Å². The van der Waals surface area contributed by atoms with Crippen LogP contribution in [0, 0.1) is 6.92 Å². The average Bonchev–Trinajstić information content (AvgIpc) is 2.72. The minimum Gasteiger partial charge on any atom is -0.364 e. The molecule has 2 amide bonds. The van der Waals surface area contributed by atoms with Crippen LogP contribution in [0.5, 0.6) is 0 Å². The molecular formula is C11H12N6O2. The molecule has 0 saturated carbocycles. The van der Waals surface area contributed by atoms with E-state index >= 15 is 0 Å². The van der Waals surface area contributed by atoms with Gasteiger partial charge in [0.25, 0.3) is 5.91 Å². The first-order valence-corrected chi connectivity index (χ1v) is 5.48. The summed E-state index contributed by atoms with van der Waals surface area (Å²) in [7, 11) is 0. The molecule has 2 heterocycles. The van der Waals surface area contributed by atoms with Crippen molar-refractivity contribution in [2.45, 2.75) is 13.5 Å². The average molecular weight is 260 g/mol. The van der Waals surface area contributed by atoms with Crippen molar-refractivity contribution >= 4 is 17.6 Å². The second-order valence-electron chi connectivity index (χ2n) is 3.81. The number of nitrogens with one attached hydrogen (secondary N) is 1. The molecule has 2 aromatic heterocycles. The van der Waals surface area contributed by atoms with E-state index in [0.29, 0.717) is 11.5 Å². The lowest BCUT2D eigenvalue weighted by molar-refractivity contribution is -0.117. The van der Waals surface area contributed by atoms with Crippen molar-refractivity contribution in [3.63, 3.8) is 0 Å². The highest BCUT2D eigenvalue weighted by Crippen LogP contribution is 2.04. The number of carbonyl (C=O) groups excluding carboxylic acids is 2. The number of hydrogen-bond donors (Lipinski definition) is 2. The van der Waals surface area contributed by atoms with Gasteiger partial charge in [0.05, 0.1) is 5.69 Å². The third-order valence-electron chi connectivity index (χ3n) is 2.44. The maximum Gasteiger partial charge on any atom is 0.271 e. The Morgan fingerprint density at radius 3 is 2.79 bits per heavy atom. The van der Waals surface area contributed by atoms with Crippen LogP contribution in [0.25, 0.3) is 0 Å². The fraction of sp³-hybridized carbons (Fsp3) is 0.182. The van der Waals surface area contributed by atoms with Crippen LogP contribution in [-0.2, 0) is 11.3 Å². The number of amides is 2. The SMILES string of the molecule is Cc1c(C(N)=O)nnn1CC(=O)Nc1ccccn1. The Morgan fingerprint density at radius 1 is 1.42 bits per heavy atom. The molecule has 19 heavy (non-hydrogen) atoms. The molecule has 0 aliphatic rings. The van der Waals surface area contributed by atoms with E-state index in [0.717, 1.165) is 0 Å². The Morgan fingerprint density at radius 2 is 2.21 bits per heavy atom. The van der Waals surface area contributed by atoms with Crippen LogP contribution in [0.4, 0.5) is 5.82 Å². The fourth-order valence-corrected chi connectivity index (χ4v) is 1.49. The zero-order valence-corrected chi connectivity index (χ0v) is 10.2. The standard InChI is InChI=1S/C11H12N6O2/c1-7-10(11(12)19)15-16-17(7)6-9(18)14-8-4-2-3-5-13-8/h2-5H,6H2,1H3,(H2,12,19)(H,13,14,18). The van der Waals surface area contributed by atoms with E-state index in [1.165, 1.54) is 4.68 Å². The van der Waals surface area contributed by atoms with E-state index in [4.69, 9.17) is 5.73 Å². The predicted octanol–water partition coefficient (Wildman–Crippen LogP) is -0.281. The second-order valence-corrected chi connectivity index (χ2v) is 3.81. The molecule has 0 radical (unpaired) electrons. The Kier molecular flexibility index (Phi) is 3.51. The summed E-state index contributed by atoms with van der Waals surface area (Å²) < 4.78 is 1.30. The number of nitrogens with two attached hydrogens (primary N) is 1. The first-order valence-electron chi connectivity index (χ1n) is 5.48. The van der Waals surface area contributed by atoms with Gasteiger partial charge in [-0.15, -0.1) is 5.10 Å². The summed E-state index contributed by atoms with van der Waals surface area (Å²) >= 11 is 0. The van der Waals surface area contributed by atoms with Crippen LogP contribution >= 0.6 is 0 Å². The number of carbonyl (C=O) groups is 2. The quantitative estimate of drug-likeness (QED) is 0.784. The summed E-state index contributed by atoms with van der Waals surface area (Å²) in [6.07, 6.45) is 1.57. The van der Waals surface area contributed by atoms with Gasteiger partial charge in [0, 0.05) is 6.20 Å². The van der Waals surface area contributed by atoms with Gasteiger partial charge in [-0.25, -0.2) is 9.67 Å². The molecule has 0 unspecified atom stereocenters.